The molecular weight excluding hydrogens is 220 g/mol. The summed E-state index contributed by atoms with van der Waals surface area (Å²) in [6.07, 6.45) is 5.94. The minimum Gasteiger partial charge on any atom is -0.323 e. The number of carbonyl (C=O) groups is 3. The van der Waals surface area contributed by atoms with Gasteiger partial charge in [-0.1, -0.05) is 12.2 Å². The van der Waals surface area contributed by atoms with Crippen LogP contribution in [0.5, 0.6) is 0 Å². The van der Waals surface area contributed by atoms with E-state index in [1.807, 2.05) is 19.1 Å². The summed E-state index contributed by atoms with van der Waals surface area (Å²) in [5.41, 5.74) is 0.891. The van der Waals surface area contributed by atoms with E-state index in [1.54, 1.807) is 0 Å². The quantitative estimate of drug-likeness (QED) is 0.691. The van der Waals surface area contributed by atoms with Gasteiger partial charge in [-0.15, -0.1) is 0 Å². The summed E-state index contributed by atoms with van der Waals surface area (Å²) in [5, 5.41) is 2.26. The zero-order valence-corrected chi connectivity index (χ0v) is 9.60. The lowest BCUT2D eigenvalue weighted by Gasteiger charge is -2.29. The molecule has 1 saturated heterocycles. The van der Waals surface area contributed by atoms with Crippen molar-refractivity contribution in [2.75, 3.05) is 6.54 Å². The topological polar surface area (TPSA) is 66.5 Å². The maximum Gasteiger partial charge on any atom is 0.249 e. The molecule has 1 N–H and O–H groups in total. The smallest absolute Gasteiger partial charge is 0.249 e. The third-order valence-electron chi connectivity index (χ3n) is 2.91. The minimum atomic E-state index is -0.515. The van der Waals surface area contributed by atoms with Crippen LogP contribution in [-0.4, -0.2) is 35.2 Å². The van der Waals surface area contributed by atoms with Crippen LogP contribution in [-0.2, 0) is 14.4 Å². The summed E-state index contributed by atoms with van der Waals surface area (Å²) in [6.45, 7) is 2.31. The lowest BCUT2D eigenvalue weighted by Crippen LogP contribution is -2.53. The molecule has 0 bridgehead atoms. The highest BCUT2D eigenvalue weighted by atomic mass is 16.2. The van der Waals surface area contributed by atoms with E-state index in [1.165, 1.54) is 11.0 Å². The van der Waals surface area contributed by atoms with Crippen LogP contribution in [0.1, 0.15) is 19.8 Å². The molecule has 17 heavy (non-hydrogen) atoms. The fourth-order valence-corrected chi connectivity index (χ4v) is 2.12. The maximum atomic E-state index is 11.7. The Bertz CT molecular complexity index is 437. The summed E-state index contributed by atoms with van der Waals surface area (Å²) in [4.78, 5) is 35.9. The first kappa shape index (κ1) is 11.6. The Labute approximate surface area is 99.2 Å². The Morgan fingerprint density at radius 1 is 1.41 bits per heavy atom. The first-order valence-electron chi connectivity index (χ1n) is 5.59. The van der Waals surface area contributed by atoms with Gasteiger partial charge >= 0.3 is 0 Å². The Morgan fingerprint density at radius 3 is 2.82 bits per heavy atom. The Hall–Kier alpha value is -1.91. The van der Waals surface area contributed by atoms with Crippen molar-refractivity contribution in [3.63, 3.8) is 0 Å². The van der Waals surface area contributed by atoms with Crippen LogP contribution in [0.15, 0.2) is 23.8 Å². The minimum absolute atomic E-state index is 0.160. The lowest BCUT2D eigenvalue weighted by atomic mass is 10.0. The number of hydrogen-bond donors (Lipinski definition) is 1. The molecule has 0 saturated carbocycles. The van der Waals surface area contributed by atoms with E-state index >= 15 is 0 Å². The molecular formula is C12H14N2O3. The Kier molecular flexibility index (Phi) is 3.08. The molecule has 1 unspecified atom stereocenters. The van der Waals surface area contributed by atoms with Crippen molar-refractivity contribution < 1.29 is 14.4 Å². The number of nitrogens with one attached hydrogen (secondary N) is 1. The third kappa shape index (κ3) is 2.27. The van der Waals surface area contributed by atoms with Gasteiger partial charge in [0.05, 0.1) is 0 Å². The van der Waals surface area contributed by atoms with Gasteiger partial charge in [0.1, 0.15) is 6.04 Å². The zero-order chi connectivity index (χ0) is 12.4. The zero-order valence-electron chi connectivity index (χ0n) is 9.60. The van der Waals surface area contributed by atoms with Crippen LogP contribution >= 0.6 is 0 Å². The molecule has 2 aliphatic rings. The van der Waals surface area contributed by atoms with Gasteiger partial charge in [0.2, 0.25) is 17.7 Å². The normalized spacial score (nSPS) is 25.5. The molecule has 0 aromatic rings. The van der Waals surface area contributed by atoms with Gasteiger partial charge in [0.15, 0.2) is 0 Å². The molecule has 0 aromatic carbocycles. The van der Waals surface area contributed by atoms with Crippen molar-refractivity contribution in [2.45, 2.75) is 25.8 Å². The standard InChI is InChI=1S/C12H14N2O3/c1-2-3-8-6-11(16)14(7-8)9-4-5-10(15)13-12(9)17/h2-3,6,9H,4-5,7H2,1H3,(H,13,15,17)/b3-2-. The van der Waals surface area contributed by atoms with Crippen molar-refractivity contribution in [3.8, 4) is 0 Å². The Balaban J connectivity index is 2.08. The van der Waals surface area contributed by atoms with Gasteiger partial charge in [-0.25, -0.2) is 0 Å². The number of nitrogens with zero attached hydrogens (tertiary/aromatic N) is 1. The van der Waals surface area contributed by atoms with Crippen LogP contribution in [0.4, 0.5) is 0 Å². The van der Waals surface area contributed by atoms with Crippen molar-refractivity contribution in [1.82, 2.24) is 10.2 Å². The third-order valence-corrected chi connectivity index (χ3v) is 2.91. The maximum absolute atomic E-state index is 11.7. The molecule has 1 fully saturated rings. The molecule has 0 aromatic heterocycles. The van der Waals surface area contributed by atoms with Crippen LogP contribution in [0.25, 0.3) is 0 Å². The first-order valence-corrected chi connectivity index (χ1v) is 5.59. The highest BCUT2D eigenvalue weighted by Gasteiger charge is 2.36. The fraction of sp³-hybridized carbons (Fsp3) is 0.417. The van der Waals surface area contributed by atoms with E-state index in [4.69, 9.17) is 0 Å². The summed E-state index contributed by atoms with van der Waals surface area (Å²) in [7, 11) is 0. The molecule has 1 atom stereocenters. The number of allylic oxidation sites excluding steroid dienone is 1. The van der Waals surface area contributed by atoms with E-state index in [0.717, 1.165) is 5.57 Å². The number of carbonyl (C=O) groups excluding carboxylic acids is 3. The number of piperidine rings is 1. The molecule has 2 aliphatic heterocycles. The predicted molar refractivity (Wildman–Crippen MR) is 60.8 cm³/mol. The van der Waals surface area contributed by atoms with Crippen LogP contribution in [0, 0.1) is 0 Å². The van der Waals surface area contributed by atoms with E-state index in [9.17, 15) is 14.4 Å². The molecule has 3 amide bonds. The second-order valence-corrected chi connectivity index (χ2v) is 4.15. The number of rotatable bonds is 2. The average molecular weight is 234 g/mol. The molecule has 2 heterocycles. The molecule has 2 rings (SSSR count). The van der Waals surface area contributed by atoms with E-state index < -0.39 is 6.04 Å². The second kappa shape index (κ2) is 4.53. The number of hydrogen-bond acceptors (Lipinski definition) is 3. The van der Waals surface area contributed by atoms with Crippen molar-refractivity contribution in [2.24, 2.45) is 0 Å². The van der Waals surface area contributed by atoms with Gasteiger partial charge < -0.3 is 4.90 Å². The van der Waals surface area contributed by atoms with Gasteiger partial charge in [-0.3, -0.25) is 19.7 Å². The van der Waals surface area contributed by atoms with Crippen molar-refractivity contribution in [3.05, 3.63) is 23.8 Å². The van der Waals surface area contributed by atoms with E-state index in [2.05, 4.69) is 5.32 Å². The number of imide groups is 1. The van der Waals surface area contributed by atoms with Crippen LogP contribution < -0.4 is 5.32 Å². The molecule has 0 aliphatic carbocycles. The highest BCUT2D eigenvalue weighted by Crippen LogP contribution is 2.20. The number of amides is 3. The summed E-state index contributed by atoms with van der Waals surface area (Å²) in [5.74, 6) is -0.795. The summed E-state index contributed by atoms with van der Waals surface area (Å²) >= 11 is 0. The van der Waals surface area contributed by atoms with Crippen molar-refractivity contribution in [1.29, 1.82) is 0 Å². The molecule has 90 valence electrons. The summed E-state index contributed by atoms with van der Waals surface area (Å²) in [6, 6.07) is -0.515. The lowest BCUT2D eigenvalue weighted by molar-refractivity contribution is -0.142. The van der Waals surface area contributed by atoms with Gasteiger partial charge in [0, 0.05) is 19.0 Å². The fourth-order valence-electron chi connectivity index (χ4n) is 2.12. The second-order valence-electron chi connectivity index (χ2n) is 4.15. The molecule has 0 spiro atoms. The van der Waals surface area contributed by atoms with E-state index in [0.29, 0.717) is 19.4 Å². The molecule has 5 heteroatoms. The predicted octanol–water partition coefficient (Wildman–Crippen LogP) is 0.136. The van der Waals surface area contributed by atoms with Crippen molar-refractivity contribution >= 4 is 17.7 Å². The highest BCUT2D eigenvalue weighted by molar-refractivity contribution is 6.03. The largest absolute Gasteiger partial charge is 0.323 e. The van der Waals surface area contributed by atoms with Gasteiger partial charge in [-0.2, -0.15) is 0 Å². The molecule has 5 nitrogen and oxygen atoms in total. The van der Waals surface area contributed by atoms with Gasteiger partial charge in [-0.05, 0) is 18.9 Å². The average Bonchev–Trinajstić information content (AvgIpc) is 2.60. The first-order chi connectivity index (χ1) is 8.11. The summed E-state index contributed by atoms with van der Waals surface area (Å²) < 4.78 is 0. The Morgan fingerprint density at radius 2 is 2.18 bits per heavy atom. The van der Waals surface area contributed by atoms with Crippen LogP contribution in [0.2, 0.25) is 0 Å². The monoisotopic (exact) mass is 234 g/mol. The SMILES string of the molecule is C/C=C\C1=CC(=O)N(C2CCC(=O)NC2=O)C1. The van der Waals surface area contributed by atoms with Crippen LogP contribution in [0.3, 0.4) is 0 Å². The molecule has 0 radical (unpaired) electrons. The van der Waals surface area contributed by atoms with Gasteiger partial charge in [0.25, 0.3) is 0 Å². The van der Waals surface area contributed by atoms with E-state index in [-0.39, 0.29) is 17.7 Å².